The molecular formula is C16H23N. The fraction of sp³-hybridized carbons (Fsp3) is 0.625. The van der Waals surface area contributed by atoms with E-state index in [1.165, 1.54) is 44.2 Å². The Morgan fingerprint density at radius 2 is 1.94 bits per heavy atom. The van der Waals surface area contributed by atoms with Gasteiger partial charge >= 0.3 is 0 Å². The van der Waals surface area contributed by atoms with Crippen LogP contribution in [0.15, 0.2) is 24.3 Å². The summed E-state index contributed by atoms with van der Waals surface area (Å²) >= 11 is 0. The summed E-state index contributed by atoms with van der Waals surface area (Å²) in [7, 11) is 0. The van der Waals surface area contributed by atoms with Crippen LogP contribution in [0.2, 0.25) is 0 Å². The fourth-order valence-electron chi connectivity index (χ4n) is 2.70. The molecule has 1 unspecified atom stereocenters. The number of nitrogens with one attached hydrogen (secondary N) is 1. The molecule has 1 aromatic rings. The van der Waals surface area contributed by atoms with Crippen LogP contribution in [0.25, 0.3) is 0 Å². The lowest BCUT2D eigenvalue weighted by atomic mass is 9.92. The molecule has 92 valence electrons. The summed E-state index contributed by atoms with van der Waals surface area (Å²) in [6, 6.07) is 9.73. The summed E-state index contributed by atoms with van der Waals surface area (Å²) in [5.74, 6) is 1.87. The molecular weight excluding hydrogens is 206 g/mol. The maximum Gasteiger partial charge on any atom is 0.00683 e. The molecule has 0 amide bonds. The molecule has 0 bridgehead atoms. The molecule has 0 heterocycles. The van der Waals surface area contributed by atoms with Gasteiger partial charge in [0.15, 0.2) is 0 Å². The molecule has 2 aliphatic carbocycles. The third kappa shape index (κ3) is 3.10. The second-order valence-corrected chi connectivity index (χ2v) is 5.91. The van der Waals surface area contributed by atoms with E-state index in [4.69, 9.17) is 0 Å². The van der Waals surface area contributed by atoms with Crippen LogP contribution in [-0.2, 0) is 6.42 Å². The van der Waals surface area contributed by atoms with Crippen LogP contribution in [0.5, 0.6) is 0 Å². The molecule has 0 spiro atoms. The summed E-state index contributed by atoms with van der Waals surface area (Å²) in [4.78, 5) is 0. The summed E-state index contributed by atoms with van der Waals surface area (Å²) in [5, 5.41) is 3.72. The zero-order chi connectivity index (χ0) is 11.7. The SMILES string of the molecule is Cc1ccccc1CC(CNC1CC1)C1CC1. The largest absolute Gasteiger partial charge is 0.314 e. The Labute approximate surface area is 105 Å². The van der Waals surface area contributed by atoms with Crippen LogP contribution in [0, 0.1) is 18.8 Å². The van der Waals surface area contributed by atoms with Crippen molar-refractivity contribution in [1.29, 1.82) is 0 Å². The van der Waals surface area contributed by atoms with Gasteiger partial charge in [-0.15, -0.1) is 0 Å². The number of benzene rings is 1. The second-order valence-electron chi connectivity index (χ2n) is 5.91. The van der Waals surface area contributed by atoms with Gasteiger partial charge in [0, 0.05) is 6.04 Å². The first kappa shape index (κ1) is 11.3. The first-order chi connectivity index (χ1) is 8.33. The van der Waals surface area contributed by atoms with Crippen molar-refractivity contribution in [2.24, 2.45) is 11.8 Å². The van der Waals surface area contributed by atoms with Gasteiger partial charge in [-0.25, -0.2) is 0 Å². The van der Waals surface area contributed by atoms with E-state index in [1.54, 1.807) is 5.56 Å². The number of rotatable bonds is 6. The Bertz CT molecular complexity index is 377. The smallest absolute Gasteiger partial charge is 0.00683 e. The summed E-state index contributed by atoms with van der Waals surface area (Å²) in [6.07, 6.45) is 7.01. The number of aryl methyl sites for hydroxylation is 1. The molecule has 2 fully saturated rings. The minimum Gasteiger partial charge on any atom is -0.314 e. The van der Waals surface area contributed by atoms with E-state index in [0.717, 1.165) is 17.9 Å². The Kier molecular flexibility index (Phi) is 3.19. The lowest BCUT2D eigenvalue weighted by Gasteiger charge is -2.18. The zero-order valence-electron chi connectivity index (χ0n) is 10.8. The van der Waals surface area contributed by atoms with E-state index in [2.05, 4.69) is 36.5 Å². The molecule has 1 heteroatoms. The number of hydrogen-bond acceptors (Lipinski definition) is 1. The van der Waals surface area contributed by atoms with Crippen molar-refractivity contribution in [3.05, 3.63) is 35.4 Å². The van der Waals surface area contributed by atoms with Crippen LogP contribution in [0.3, 0.4) is 0 Å². The molecule has 1 atom stereocenters. The lowest BCUT2D eigenvalue weighted by Crippen LogP contribution is -2.27. The first-order valence-corrected chi connectivity index (χ1v) is 7.11. The van der Waals surface area contributed by atoms with Gasteiger partial charge in [-0.05, 0) is 68.5 Å². The van der Waals surface area contributed by atoms with E-state index in [-0.39, 0.29) is 0 Å². The third-order valence-corrected chi connectivity index (χ3v) is 4.28. The van der Waals surface area contributed by atoms with Gasteiger partial charge in [-0.2, -0.15) is 0 Å². The average Bonchev–Trinajstić information content (AvgIpc) is 3.18. The van der Waals surface area contributed by atoms with Crippen LogP contribution in [0.1, 0.15) is 36.8 Å². The van der Waals surface area contributed by atoms with Gasteiger partial charge in [0.1, 0.15) is 0 Å². The highest BCUT2D eigenvalue weighted by Crippen LogP contribution is 2.39. The van der Waals surface area contributed by atoms with Gasteiger partial charge in [0.2, 0.25) is 0 Å². The number of hydrogen-bond donors (Lipinski definition) is 1. The Morgan fingerprint density at radius 3 is 2.59 bits per heavy atom. The van der Waals surface area contributed by atoms with Crippen LogP contribution >= 0.6 is 0 Å². The van der Waals surface area contributed by atoms with Crippen molar-refractivity contribution in [2.75, 3.05) is 6.54 Å². The lowest BCUT2D eigenvalue weighted by molar-refractivity contribution is 0.421. The maximum absolute atomic E-state index is 3.72. The highest BCUT2D eigenvalue weighted by Gasteiger charge is 2.32. The quantitative estimate of drug-likeness (QED) is 0.789. The molecule has 1 nitrogen and oxygen atoms in total. The van der Waals surface area contributed by atoms with Crippen molar-refractivity contribution in [1.82, 2.24) is 5.32 Å². The predicted octanol–water partition coefficient (Wildman–Crippen LogP) is 3.32. The monoisotopic (exact) mass is 229 g/mol. The molecule has 1 aromatic carbocycles. The van der Waals surface area contributed by atoms with Crippen LogP contribution in [0.4, 0.5) is 0 Å². The standard InChI is InChI=1S/C16H23N/c1-12-4-2-3-5-14(12)10-15(13-6-7-13)11-17-16-8-9-16/h2-5,13,15-17H,6-11H2,1H3. The minimum atomic E-state index is 0.855. The minimum absolute atomic E-state index is 0.855. The van der Waals surface area contributed by atoms with Gasteiger partial charge in [0.25, 0.3) is 0 Å². The highest BCUT2D eigenvalue weighted by atomic mass is 14.9. The molecule has 3 rings (SSSR count). The van der Waals surface area contributed by atoms with E-state index >= 15 is 0 Å². The van der Waals surface area contributed by atoms with Gasteiger partial charge in [0.05, 0.1) is 0 Å². The van der Waals surface area contributed by atoms with Crippen LogP contribution < -0.4 is 5.32 Å². The summed E-state index contributed by atoms with van der Waals surface area (Å²) in [6.45, 7) is 3.48. The molecule has 2 aliphatic rings. The third-order valence-electron chi connectivity index (χ3n) is 4.28. The fourth-order valence-corrected chi connectivity index (χ4v) is 2.70. The summed E-state index contributed by atoms with van der Waals surface area (Å²) in [5.41, 5.74) is 3.02. The van der Waals surface area contributed by atoms with E-state index in [9.17, 15) is 0 Å². The Hall–Kier alpha value is -0.820. The Morgan fingerprint density at radius 1 is 1.18 bits per heavy atom. The predicted molar refractivity (Wildman–Crippen MR) is 72.1 cm³/mol. The first-order valence-electron chi connectivity index (χ1n) is 7.11. The molecule has 1 N–H and O–H groups in total. The van der Waals surface area contributed by atoms with Crippen molar-refractivity contribution in [2.45, 2.75) is 45.1 Å². The van der Waals surface area contributed by atoms with Gasteiger partial charge in [-0.1, -0.05) is 24.3 Å². The van der Waals surface area contributed by atoms with E-state index in [1.807, 2.05) is 0 Å². The topological polar surface area (TPSA) is 12.0 Å². The molecule has 0 radical (unpaired) electrons. The Balaban J connectivity index is 1.60. The van der Waals surface area contributed by atoms with Crippen molar-refractivity contribution in [3.63, 3.8) is 0 Å². The molecule has 0 aliphatic heterocycles. The molecule has 2 saturated carbocycles. The molecule has 0 saturated heterocycles. The van der Waals surface area contributed by atoms with Crippen LogP contribution in [-0.4, -0.2) is 12.6 Å². The van der Waals surface area contributed by atoms with Crippen molar-refractivity contribution in [3.8, 4) is 0 Å². The average molecular weight is 229 g/mol. The zero-order valence-corrected chi connectivity index (χ0v) is 10.8. The normalized spacial score (nSPS) is 21.5. The molecule has 0 aromatic heterocycles. The van der Waals surface area contributed by atoms with E-state index < -0.39 is 0 Å². The van der Waals surface area contributed by atoms with Gasteiger partial charge < -0.3 is 5.32 Å². The second kappa shape index (κ2) is 4.81. The molecule has 17 heavy (non-hydrogen) atoms. The maximum atomic E-state index is 3.72. The highest BCUT2D eigenvalue weighted by molar-refractivity contribution is 5.26. The van der Waals surface area contributed by atoms with Gasteiger partial charge in [-0.3, -0.25) is 0 Å². The van der Waals surface area contributed by atoms with Crippen molar-refractivity contribution >= 4 is 0 Å². The van der Waals surface area contributed by atoms with E-state index in [0.29, 0.717) is 0 Å². The van der Waals surface area contributed by atoms with Crippen molar-refractivity contribution < 1.29 is 0 Å². The summed E-state index contributed by atoms with van der Waals surface area (Å²) < 4.78 is 0.